The average Bonchev–Trinajstić information content (AvgIpc) is 2.70. The molecule has 1 saturated heterocycles. The van der Waals surface area contributed by atoms with Crippen molar-refractivity contribution in [1.29, 1.82) is 0 Å². The molecule has 1 unspecified atom stereocenters. The van der Waals surface area contributed by atoms with Gasteiger partial charge in [-0.3, -0.25) is 4.79 Å². The fourth-order valence-electron chi connectivity index (χ4n) is 2.82. The number of hydrogen-bond donors (Lipinski definition) is 1. The molecule has 2 aliphatic rings. The maximum absolute atomic E-state index is 12.6. The number of fused-ring (bicyclic) bond motifs is 1. The van der Waals surface area contributed by atoms with E-state index in [1.165, 1.54) is 5.56 Å². The number of benzene rings is 1. The highest BCUT2D eigenvalue weighted by Gasteiger charge is 2.29. The van der Waals surface area contributed by atoms with Crippen LogP contribution in [0.15, 0.2) is 24.3 Å². The van der Waals surface area contributed by atoms with E-state index >= 15 is 0 Å². The maximum Gasteiger partial charge on any atom is 0.257 e. The summed E-state index contributed by atoms with van der Waals surface area (Å²) in [4.78, 5) is 14.5. The lowest BCUT2D eigenvalue weighted by Crippen LogP contribution is -2.49. The molecular weight excluding hydrogens is 240 g/mol. The Balaban J connectivity index is 1.84. The molecule has 0 saturated carbocycles. The molecule has 4 heteroatoms. The van der Waals surface area contributed by atoms with Crippen LogP contribution in [-0.2, 0) is 16.0 Å². The molecule has 1 N–H and O–H groups in total. The zero-order valence-corrected chi connectivity index (χ0v) is 11.1. The minimum absolute atomic E-state index is 0.0987. The third kappa shape index (κ3) is 2.65. The normalized spacial score (nSPS) is 23.6. The van der Waals surface area contributed by atoms with Crippen LogP contribution in [0.2, 0.25) is 0 Å². The second-order valence-electron chi connectivity index (χ2n) is 5.14. The van der Waals surface area contributed by atoms with Gasteiger partial charge in [0.15, 0.2) is 0 Å². The number of nitrogens with one attached hydrogen (secondary N) is 1. The van der Waals surface area contributed by atoms with Crippen molar-refractivity contribution in [1.82, 2.24) is 5.32 Å². The molecule has 19 heavy (non-hydrogen) atoms. The number of carbonyl (C=O) groups is 1. The number of rotatable bonds is 1. The van der Waals surface area contributed by atoms with E-state index in [-0.39, 0.29) is 12.0 Å². The molecule has 1 atom stereocenters. The van der Waals surface area contributed by atoms with Crippen molar-refractivity contribution in [2.24, 2.45) is 0 Å². The molecule has 2 aliphatic heterocycles. The third-order valence-electron chi connectivity index (χ3n) is 3.83. The van der Waals surface area contributed by atoms with Gasteiger partial charge >= 0.3 is 0 Å². The van der Waals surface area contributed by atoms with Gasteiger partial charge in [0.25, 0.3) is 5.91 Å². The quantitative estimate of drug-likeness (QED) is 0.828. The molecule has 0 spiro atoms. The van der Waals surface area contributed by atoms with Crippen LogP contribution < -0.4 is 10.2 Å². The topological polar surface area (TPSA) is 41.6 Å². The summed E-state index contributed by atoms with van der Waals surface area (Å²) in [5.74, 6) is 0.0987. The van der Waals surface area contributed by atoms with E-state index in [0.29, 0.717) is 13.2 Å². The van der Waals surface area contributed by atoms with Gasteiger partial charge in [0.2, 0.25) is 0 Å². The Hall–Kier alpha value is -1.39. The number of carbonyl (C=O) groups excluding carboxylic acids is 1. The van der Waals surface area contributed by atoms with Crippen molar-refractivity contribution in [3.05, 3.63) is 29.8 Å². The lowest BCUT2D eigenvalue weighted by atomic mass is 10.1. The van der Waals surface area contributed by atoms with E-state index in [1.54, 1.807) is 0 Å². The molecule has 0 aromatic heterocycles. The van der Waals surface area contributed by atoms with Crippen molar-refractivity contribution in [3.8, 4) is 0 Å². The van der Waals surface area contributed by atoms with Crippen molar-refractivity contribution in [3.63, 3.8) is 0 Å². The smallest absolute Gasteiger partial charge is 0.257 e. The van der Waals surface area contributed by atoms with Gasteiger partial charge in [-0.05, 0) is 30.9 Å². The molecule has 0 radical (unpaired) electrons. The first-order chi connectivity index (χ1) is 9.36. The Morgan fingerprint density at radius 1 is 1.32 bits per heavy atom. The van der Waals surface area contributed by atoms with Gasteiger partial charge in [-0.1, -0.05) is 18.2 Å². The number of aryl methyl sites for hydroxylation is 1. The Morgan fingerprint density at radius 3 is 3.05 bits per heavy atom. The Morgan fingerprint density at radius 2 is 2.21 bits per heavy atom. The van der Waals surface area contributed by atoms with Gasteiger partial charge in [-0.25, -0.2) is 0 Å². The maximum atomic E-state index is 12.6. The predicted octanol–water partition coefficient (Wildman–Crippen LogP) is 1.34. The number of amides is 1. The van der Waals surface area contributed by atoms with E-state index in [9.17, 15) is 4.79 Å². The fourth-order valence-corrected chi connectivity index (χ4v) is 2.82. The van der Waals surface area contributed by atoms with Gasteiger partial charge in [-0.15, -0.1) is 0 Å². The standard InChI is InChI=1S/C15H20N2O2/c18-15(14-11-16-8-10-19-14)17-9-4-3-6-12-5-1-2-7-13(12)17/h1-2,5,7,14,16H,3-4,6,8-11H2. The van der Waals surface area contributed by atoms with Crippen LogP contribution in [0.25, 0.3) is 0 Å². The Kier molecular flexibility index (Phi) is 3.80. The van der Waals surface area contributed by atoms with Gasteiger partial charge in [-0.2, -0.15) is 0 Å². The summed E-state index contributed by atoms with van der Waals surface area (Å²) in [6.45, 7) is 2.87. The summed E-state index contributed by atoms with van der Waals surface area (Å²) in [6.07, 6.45) is 2.93. The SMILES string of the molecule is O=C(C1CNCCO1)N1CCCCc2ccccc21. The van der Waals surface area contributed by atoms with Crippen molar-refractivity contribution in [2.45, 2.75) is 25.4 Å². The molecule has 1 aromatic carbocycles. The summed E-state index contributed by atoms with van der Waals surface area (Å²) in [7, 11) is 0. The van der Waals surface area contributed by atoms with E-state index < -0.39 is 0 Å². The first-order valence-corrected chi connectivity index (χ1v) is 7.08. The minimum atomic E-state index is -0.333. The first kappa shape index (κ1) is 12.6. The lowest BCUT2D eigenvalue weighted by molar-refractivity contribution is -0.131. The largest absolute Gasteiger partial charge is 0.366 e. The van der Waals surface area contributed by atoms with Crippen LogP contribution in [0.3, 0.4) is 0 Å². The molecule has 0 aliphatic carbocycles. The van der Waals surface area contributed by atoms with Crippen LogP contribution in [0.4, 0.5) is 5.69 Å². The highest BCUT2D eigenvalue weighted by Crippen LogP contribution is 2.27. The molecular formula is C15H20N2O2. The van der Waals surface area contributed by atoms with Crippen LogP contribution in [0.1, 0.15) is 18.4 Å². The molecule has 2 heterocycles. The number of nitrogens with zero attached hydrogens (tertiary/aromatic N) is 1. The lowest BCUT2D eigenvalue weighted by Gasteiger charge is -2.30. The average molecular weight is 260 g/mol. The molecule has 3 rings (SSSR count). The van der Waals surface area contributed by atoms with Gasteiger partial charge < -0.3 is 15.0 Å². The van der Waals surface area contributed by atoms with E-state index in [4.69, 9.17) is 4.74 Å². The monoisotopic (exact) mass is 260 g/mol. The van der Waals surface area contributed by atoms with Crippen molar-refractivity contribution >= 4 is 11.6 Å². The van der Waals surface area contributed by atoms with Gasteiger partial charge in [0.05, 0.1) is 6.61 Å². The number of ether oxygens (including phenoxy) is 1. The number of anilines is 1. The molecule has 1 fully saturated rings. The van der Waals surface area contributed by atoms with Crippen LogP contribution >= 0.6 is 0 Å². The first-order valence-electron chi connectivity index (χ1n) is 7.08. The van der Waals surface area contributed by atoms with Gasteiger partial charge in [0, 0.05) is 25.3 Å². The Bertz CT molecular complexity index is 455. The minimum Gasteiger partial charge on any atom is -0.366 e. The third-order valence-corrected chi connectivity index (χ3v) is 3.83. The Labute approximate surface area is 113 Å². The van der Waals surface area contributed by atoms with Crippen molar-refractivity contribution in [2.75, 3.05) is 31.1 Å². The highest BCUT2D eigenvalue weighted by atomic mass is 16.5. The number of para-hydroxylation sites is 1. The molecule has 102 valence electrons. The van der Waals surface area contributed by atoms with E-state index in [2.05, 4.69) is 17.4 Å². The summed E-state index contributed by atoms with van der Waals surface area (Å²) >= 11 is 0. The zero-order valence-electron chi connectivity index (χ0n) is 11.1. The summed E-state index contributed by atoms with van der Waals surface area (Å²) in [5.41, 5.74) is 2.34. The summed E-state index contributed by atoms with van der Waals surface area (Å²) in [6, 6.07) is 8.23. The zero-order chi connectivity index (χ0) is 13.1. The van der Waals surface area contributed by atoms with Crippen LogP contribution in [-0.4, -0.2) is 38.3 Å². The molecule has 1 aromatic rings. The summed E-state index contributed by atoms with van der Waals surface area (Å²) in [5, 5.41) is 3.22. The van der Waals surface area contributed by atoms with Gasteiger partial charge in [0.1, 0.15) is 6.10 Å². The fraction of sp³-hybridized carbons (Fsp3) is 0.533. The van der Waals surface area contributed by atoms with Crippen LogP contribution in [0.5, 0.6) is 0 Å². The second kappa shape index (κ2) is 5.72. The number of hydrogen-bond acceptors (Lipinski definition) is 3. The molecule has 1 amide bonds. The van der Waals surface area contributed by atoms with Crippen molar-refractivity contribution < 1.29 is 9.53 Å². The molecule has 0 bridgehead atoms. The predicted molar refractivity (Wildman–Crippen MR) is 74.3 cm³/mol. The van der Waals surface area contributed by atoms with E-state index in [0.717, 1.165) is 38.0 Å². The molecule has 4 nitrogen and oxygen atoms in total. The number of morpholine rings is 1. The van der Waals surface area contributed by atoms with Crippen LogP contribution in [0, 0.1) is 0 Å². The summed E-state index contributed by atoms with van der Waals surface area (Å²) < 4.78 is 5.60. The highest BCUT2D eigenvalue weighted by molar-refractivity contribution is 5.97. The second-order valence-corrected chi connectivity index (χ2v) is 5.14. The van der Waals surface area contributed by atoms with E-state index in [1.807, 2.05) is 17.0 Å².